The lowest BCUT2D eigenvalue weighted by Crippen LogP contribution is -2.51. The smallest absolute Gasteiger partial charge is 0.264 e. The van der Waals surface area contributed by atoms with Crippen molar-refractivity contribution in [3.8, 4) is 0 Å². The molecule has 114 valence electrons. The summed E-state index contributed by atoms with van der Waals surface area (Å²) in [5.74, 6) is -0.124. The second-order valence-corrected chi connectivity index (χ2v) is 6.90. The van der Waals surface area contributed by atoms with Crippen LogP contribution in [0.4, 0.5) is 5.69 Å². The Hall–Kier alpha value is -1.60. The predicted molar refractivity (Wildman–Crippen MR) is 83.7 cm³/mol. The van der Waals surface area contributed by atoms with Crippen LogP contribution in [0.25, 0.3) is 10.2 Å². The van der Waals surface area contributed by atoms with E-state index in [9.17, 15) is 4.79 Å². The van der Waals surface area contributed by atoms with Crippen LogP contribution in [0.1, 0.15) is 35.1 Å². The molecule has 1 aliphatic rings. The number of nitrogens with two attached hydrogens (primary N) is 1. The van der Waals surface area contributed by atoms with E-state index >= 15 is 0 Å². The van der Waals surface area contributed by atoms with Gasteiger partial charge in [-0.3, -0.25) is 9.48 Å². The maximum absolute atomic E-state index is 12.6. The third kappa shape index (κ3) is 2.40. The number of amides is 1. The molecular formula is C14H20N4O2S. The van der Waals surface area contributed by atoms with Crippen LogP contribution >= 0.6 is 11.3 Å². The van der Waals surface area contributed by atoms with Gasteiger partial charge in [-0.1, -0.05) is 0 Å². The highest BCUT2D eigenvalue weighted by molar-refractivity contribution is 7.21. The van der Waals surface area contributed by atoms with Crippen LogP contribution in [0.5, 0.6) is 0 Å². The van der Waals surface area contributed by atoms with Crippen LogP contribution in [0, 0.1) is 6.92 Å². The lowest BCUT2D eigenvalue weighted by molar-refractivity contribution is 0.0274. The Bertz CT molecular complexity index is 697. The van der Waals surface area contributed by atoms with E-state index < -0.39 is 0 Å². The molecule has 0 aliphatic carbocycles. The number of carbonyl (C=O) groups excluding carboxylic acids is 1. The van der Waals surface area contributed by atoms with Gasteiger partial charge in [0.15, 0.2) is 0 Å². The van der Waals surface area contributed by atoms with Gasteiger partial charge < -0.3 is 15.8 Å². The average Bonchev–Trinajstić information content (AvgIpc) is 2.89. The Morgan fingerprint density at radius 3 is 2.95 bits per heavy atom. The van der Waals surface area contributed by atoms with Crippen LogP contribution in [0.2, 0.25) is 0 Å². The summed E-state index contributed by atoms with van der Waals surface area (Å²) in [5, 5.41) is 8.30. The van der Waals surface area contributed by atoms with E-state index in [0.717, 1.165) is 35.4 Å². The van der Waals surface area contributed by atoms with Gasteiger partial charge in [0.25, 0.3) is 5.91 Å². The second kappa shape index (κ2) is 4.99. The van der Waals surface area contributed by atoms with Crippen LogP contribution in [0.15, 0.2) is 0 Å². The first kappa shape index (κ1) is 14.3. The van der Waals surface area contributed by atoms with Gasteiger partial charge in [0, 0.05) is 13.7 Å². The highest BCUT2D eigenvalue weighted by atomic mass is 32.1. The zero-order valence-electron chi connectivity index (χ0n) is 12.5. The number of fused-ring (bicyclic) bond motifs is 1. The Morgan fingerprint density at radius 1 is 1.57 bits per heavy atom. The lowest BCUT2D eigenvalue weighted by atomic mass is 9.95. The molecule has 2 aromatic rings. The lowest BCUT2D eigenvalue weighted by Gasteiger charge is -2.34. The first-order chi connectivity index (χ1) is 9.91. The zero-order chi connectivity index (χ0) is 15.2. The van der Waals surface area contributed by atoms with Gasteiger partial charge in [-0.05, 0) is 26.7 Å². The first-order valence-electron chi connectivity index (χ1n) is 7.03. The van der Waals surface area contributed by atoms with Crippen molar-refractivity contribution in [2.24, 2.45) is 7.05 Å². The normalized spacial score (nSPS) is 22.6. The molecule has 0 saturated carbocycles. The number of thiophene rings is 1. The Kier molecular flexibility index (Phi) is 3.41. The minimum absolute atomic E-state index is 0.124. The maximum atomic E-state index is 12.6. The summed E-state index contributed by atoms with van der Waals surface area (Å²) in [6.07, 6.45) is 1.88. The maximum Gasteiger partial charge on any atom is 0.264 e. The third-order valence-electron chi connectivity index (χ3n) is 3.94. The average molecular weight is 308 g/mol. The minimum atomic E-state index is -0.314. The van der Waals surface area contributed by atoms with E-state index in [1.165, 1.54) is 11.3 Å². The van der Waals surface area contributed by atoms with Gasteiger partial charge in [-0.25, -0.2) is 0 Å². The Balaban J connectivity index is 1.91. The molecule has 0 spiro atoms. The summed E-state index contributed by atoms with van der Waals surface area (Å²) in [6, 6.07) is 0. The van der Waals surface area contributed by atoms with Crippen LogP contribution in [-0.2, 0) is 11.8 Å². The third-order valence-corrected chi connectivity index (χ3v) is 5.21. The number of nitrogens with zero attached hydrogens (tertiary/aromatic N) is 2. The fourth-order valence-electron chi connectivity index (χ4n) is 2.86. The molecule has 7 heteroatoms. The highest BCUT2D eigenvalue weighted by Crippen LogP contribution is 2.35. The Labute approximate surface area is 127 Å². The molecule has 3 rings (SSSR count). The molecule has 0 bridgehead atoms. The van der Waals surface area contributed by atoms with Gasteiger partial charge in [-0.2, -0.15) is 5.10 Å². The van der Waals surface area contributed by atoms with Gasteiger partial charge in [0.2, 0.25) is 0 Å². The van der Waals surface area contributed by atoms with E-state index in [2.05, 4.69) is 10.4 Å². The van der Waals surface area contributed by atoms with Gasteiger partial charge in [0.05, 0.1) is 28.9 Å². The number of ether oxygens (including phenoxy) is 1. The molecule has 1 fully saturated rings. The molecule has 6 nitrogen and oxygen atoms in total. The summed E-state index contributed by atoms with van der Waals surface area (Å²) in [4.78, 5) is 14.1. The van der Waals surface area contributed by atoms with Gasteiger partial charge >= 0.3 is 0 Å². The van der Waals surface area contributed by atoms with Crippen molar-refractivity contribution >= 4 is 33.1 Å². The van der Waals surface area contributed by atoms with Crippen molar-refractivity contribution < 1.29 is 9.53 Å². The molecule has 1 atom stereocenters. The molecule has 2 aromatic heterocycles. The molecule has 3 heterocycles. The van der Waals surface area contributed by atoms with Crippen molar-refractivity contribution in [1.82, 2.24) is 15.1 Å². The zero-order valence-corrected chi connectivity index (χ0v) is 13.3. The van der Waals surface area contributed by atoms with Crippen LogP contribution in [-0.4, -0.2) is 34.4 Å². The predicted octanol–water partition coefficient (Wildman–Crippen LogP) is 1.82. The fourth-order valence-corrected chi connectivity index (χ4v) is 3.94. The summed E-state index contributed by atoms with van der Waals surface area (Å²) >= 11 is 1.39. The number of anilines is 1. The summed E-state index contributed by atoms with van der Waals surface area (Å²) in [7, 11) is 1.86. The van der Waals surface area contributed by atoms with E-state index in [-0.39, 0.29) is 11.4 Å². The Morgan fingerprint density at radius 2 is 2.33 bits per heavy atom. The fraction of sp³-hybridized carbons (Fsp3) is 0.571. The number of nitrogen functional groups attached to an aromatic ring is 1. The van der Waals surface area contributed by atoms with Crippen molar-refractivity contribution in [3.05, 3.63) is 10.6 Å². The molecule has 3 N–H and O–H groups in total. The number of nitrogens with one attached hydrogen (secondary N) is 1. The minimum Gasteiger partial charge on any atom is -0.397 e. The standard InChI is InChI=1S/C14H20N4O2S/c1-8-9-10(15)11(21-13(9)18(3)17-8)12(19)16-14(2)5-4-6-20-7-14/h4-7,15H2,1-3H3,(H,16,19). The number of carbonyl (C=O) groups is 1. The van der Waals surface area contributed by atoms with Gasteiger partial charge in [-0.15, -0.1) is 11.3 Å². The molecule has 1 unspecified atom stereocenters. The van der Waals surface area contributed by atoms with E-state index in [4.69, 9.17) is 10.5 Å². The molecule has 21 heavy (non-hydrogen) atoms. The van der Waals surface area contributed by atoms with Crippen molar-refractivity contribution in [1.29, 1.82) is 0 Å². The molecule has 1 saturated heterocycles. The topological polar surface area (TPSA) is 82.2 Å². The van der Waals surface area contributed by atoms with Gasteiger partial charge in [0.1, 0.15) is 9.71 Å². The molecular weight excluding hydrogens is 288 g/mol. The van der Waals surface area contributed by atoms with Crippen molar-refractivity contribution in [2.75, 3.05) is 18.9 Å². The number of aryl methyl sites for hydroxylation is 2. The quantitative estimate of drug-likeness (QED) is 0.886. The first-order valence-corrected chi connectivity index (χ1v) is 7.85. The summed E-state index contributed by atoms with van der Waals surface area (Å²) < 4.78 is 7.25. The van der Waals surface area contributed by atoms with Crippen molar-refractivity contribution in [3.63, 3.8) is 0 Å². The number of rotatable bonds is 2. The van der Waals surface area contributed by atoms with Crippen LogP contribution in [0.3, 0.4) is 0 Å². The molecule has 0 aromatic carbocycles. The molecule has 1 amide bonds. The molecule has 1 aliphatic heterocycles. The van der Waals surface area contributed by atoms with Crippen molar-refractivity contribution in [2.45, 2.75) is 32.2 Å². The summed E-state index contributed by atoms with van der Waals surface area (Å²) in [6.45, 7) is 5.23. The van der Waals surface area contributed by atoms with Crippen LogP contribution < -0.4 is 11.1 Å². The van der Waals surface area contributed by atoms with E-state index in [1.54, 1.807) is 4.68 Å². The monoisotopic (exact) mass is 308 g/mol. The largest absolute Gasteiger partial charge is 0.397 e. The second-order valence-electron chi connectivity index (χ2n) is 5.90. The number of aromatic nitrogens is 2. The SMILES string of the molecule is Cc1nn(C)c2sc(C(=O)NC3(C)CCCOC3)c(N)c12. The van der Waals surface area contributed by atoms with E-state index in [0.29, 0.717) is 17.2 Å². The highest BCUT2D eigenvalue weighted by Gasteiger charge is 2.31. The number of hydrogen-bond donors (Lipinski definition) is 2. The summed E-state index contributed by atoms with van der Waals surface area (Å²) in [5.41, 5.74) is 7.23. The molecule has 0 radical (unpaired) electrons. The van der Waals surface area contributed by atoms with E-state index in [1.807, 2.05) is 20.9 Å². The number of hydrogen-bond acceptors (Lipinski definition) is 5.